The molecule has 0 radical (unpaired) electrons. The van der Waals surface area contributed by atoms with E-state index in [0.29, 0.717) is 5.69 Å². The number of carbonyl (C=O) groups excluding carboxylic acids is 1. The van der Waals surface area contributed by atoms with Crippen LogP contribution in [0.25, 0.3) is 0 Å². The van der Waals surface area contributed by atoms with Crippen LogP contribution in [0.2, 0.25) is 0 Å². The van der Waals surface area contributed by atoms with Gasteiger partial charge in [-0.25, -0.2) is 4.39 Å². The van der Waals surface area contributed by atoms with Crippen molar-refractivity contribution in [1.82, 2.24) is 0 Å². The van der Waals surface area contributed by atoms with Crippen molar-refractivity contribution in [3.05, 3.63) is 51.8 Å². The summed E-state index contributed by atoms with van der Waals surface area (Å²) in [5.74, 6) is -0.870. The number of methoxy groups -OCH3 is 1. The summed E-state index contributed by atoms with van der Waals surface area (Å²) in [5.41, 5.74) is 0.331. The molecule has 30 heavy (non-hydrogen) atoms. The van der Waals surface area contributed by atoms with E-state index in [9.17, 15) is 19.3 Å². The molecular weight excluding hydrogens is 393 g/mol. The Balaban J connectivity index is 1.98. The van der Waals surface area contributed by atoms with Crippen molar-refractivity contribution in [1.29, 1.82) is 0 Å². The molecule has 8 nitrogen and oxygen atoms in total. The Hall–Kier alpha value is -3.36. The van der Waals surface area contributed by atoms with E-state index in [1.165, 1.54) is 25.3 Å². The molecule has 0 aromatic heterocycles. The zero-order chi connectivity index (χ0) is 21.7. The van der Waals surface area contributed by atoms with Crippen molar-refractivity contribution < 1.29 is 23.6 Å². The number of hydrogen-bond donors (Lipinski definition) is 1. The van der Waals surface area contributed by atoms with Crippen LogP contribution >= 0.6 is 0 Å². The number of piperidine rings is 1. The minimum absolute atomic E-state index is 0.153. The second-order valence-electron chi connectivity index (χ2n) is 6.87. The minimum Gasteiger partial charge on any atom is -0.493 e. The Morgan fingerprint density at radius 3 is 2.57 bits per heavy atom. The van der Waals surface area contributed by atoms with Crippen molar-refractivity contribution in [3.8, 4) is 11.5 Å². The zero-order valence-electron chi connectivity index (χ0n) is 16.9. The van der Waals surface area contributed by atoms with E-state index < -0.39 is 22.3 Å². The Kier molecular flexibility index (Phi) is 6.71. The van der Waals surface area contributed by atoms with Crippen LogP contribution in [0.4, 0.5) is 21.5 Å². The van der Waals surface area contributed by atoms with Crippen LogP contribution in [-0.2, 0) is 0 Å². The van der Waals surface area contributed by atoms with Crippen LogP contribution in [0.3, 0.4) is 0 Å². The van der Waals surface area contributed by atoms with E-state index in [2.05, 4.69) is 10.2 Å². The molecule has 0 atom stereocenters. The Morgan fingerprint density at radius 1 is 1.20 bits per heavy atom. The molecule has 0 bridgehead atoms. The Morgan fingerprint density at radius 2 is 1.93 bits per heavy atom. The maximum atomic E-state index is 13.9. The van der Waals surface area contributed by atoms with Gasteiger partial charge in [-0.05, 0) is 44.4 Å². The molecule has 160 valence electrons. The third-order valence-corrected chi connectivity index (χ3v) is 4.93. The number of nitrogens with zero attached hydrogens (tertiary/aromatic N) is 2. The lowest BCUT2D eigenvalue weighted by Crippen LogP contribution is -2.30. The summed E-state index contributed by atoms with van der Waals surface area (Å²) in [6, 6.07) is 6.60. The lowest BCUT2D eigenvalue weighted by atomic mass is 10.1. The molecule has 1 N–H and O–H groups in total. The van der Waals surface area contributed by atoms with E-state index in [1.807, 2.05) is 0 Å². The number of nitrogens with one attached hydrogen (secondary N) is 1. The largest absolute Gasteiger partial charge is 0.493 e. The second kappa shape index (κ2) is 9.43. The molecule has 2 aromatic carbocycles. The van der Waals surface area contributed by atoms with Crippen LogP contribution in [0, 0.1) is 15.9 Å². The molecule has 1 amide bonds. The summed E-state index contributed by atoms with van der Waals surface area (Å²) >= 11 is 0. The molecule has 0 unspecified atom stereocenters. The first-order valence-electron chi connectivity index (χ1n) is 9.79. The van der Waals surface area contributed by atoms with Gasteiger partial charge in [0.2, 0.25) is 0 Å². The molecule has 1 heterocycles. The van der Waals surface area contributed by atoms with Crippen molar-refractivity contribution in [2.75, 3.05) is 37.0 Å². The predicted octanol–water partition coefficient (Wildman–Crippen LogP) is 4.38. The fourth-order valence-electron chi connectivity index (χ4n) is 3.52. The topological polar surface area (TPSA) is 93.9 Å². The van der Waals surface area contributed by atoms with Crippen LogP contribution < -0.4 is 19.7 Å². The summed E-state index contributed by atoms with van der Waals surface area (Å²) in [7, 11) is 1.36. The quantitative estimate of drug-likeness (QED) is 0.531. The monoisotopic (exact) mass is 417 g/mol. The van der Waals surface area contributed by atoms with Gasteiger partial charge in [0.1, 0.15) is 11.4 Å². The first-order chi connectivity index (χ1) is 14.4. The van der Waals surface area contributed by atoms with E-state index in [0.717, 1.165) is 38.4 Å². The molecule has 0 aliphatic carbocycles. The SMILES string of the molecule is CCOc1cc(C(=O)Nc2cc(F)ccc2N2CCCCC2)c([N+](=O)[O-])cc1OC. The maximum absolute atomic E-state index is 13.9. The first-order valence-corrected chi connectivity index (χ1v) is 9.79. The van der Waals surface area contributed by atoms with Gasteiger partial charge in [-0.2, -0.15) is 0 Å². The predicted molar refractivity (Wildman–Crippen MR) is 111 cm³/mol. The van der Waals surface area contributed by atoms with Crippen LogP contribution in [0.15, 0.2) is 30.3 Å². The number of amides is 1. The van der Waals surface area contributed by atoms with Crippen LogP contribution in [0.5, 0.6) is 11.5 Å². The van der Waals surface area contributed by atoms with Gasteiger partial charge in [-0.15, -0.1) is 0 Å². The third-order valence-electron chi connectivity index (χ3n) is 4.93. The number of nitro benzene ring substituents is 1. The second-order valence-corrected chi connectivity index (χ2v) is 6.87. The van der Waals surface area contributed by atoms with Gasteiger partial charge in [-0.3, -0.25) is 14.9 Å². The van der Waals surface area contributed by atoms with Crippen molar-refractivity contribution >= 4 is 23.0 Å². The van der Waals surface area contributed by atoms with Gasteiger partial charge in [-0.1, -0.05) is 0 Å². The highest BCUT2D eigenvalue weighted by Crippen LogP contribution is 2.36. The molecule has 0 spiro atoms. The zero-order valence-corrected chi connectivity index (χ0v) is 16.9. The van der Waals surface area contributed by atoms with E-state index in [-0.39, 0.29) is 29.4 Å². The number of benzene rings is 2. The molecule has 1 fully saturated rings. The lowest BCUT2D eigenvalue weighted by molar-refractivity contribution is -0.385. The maximum Gasteiger partial charge on any atom is 0.286 e. The van der Waals surface area contributed by atoms with Crippen molar-refractivity contribution in [3.63, 3.8) is 0 Å². The number of nitro groups is 1. The normalized spacial score (nSPS) is 13.6. The van der Waals surface area contributed by atoms with E-state index >= 15 is 0 Å². The third kappa shape index (κ3) is 4.61. The molecule has 3 rings (SSSR count). The van der Waals surface area contributed by atoms with Crippen molar-refractivity contribution in [2.45, 2.75) is 26.2 Å². The number of anilines is 2. The Labute approximate surface area is 173 Å². The van der Waals surface area contributed by atoms with Crippen molar-refractivity contribution in [2.24, 2.45) is 0 Å². The summed E-state index contributed by atoms with van der Waals surface area (Å²) in [4.78, 5) is 25.9. The van der Waals surface area contributed by atoms with Gasteiger partial charge in [0.15, 0.2) is 11.5 Å². The molecule has 0 saturated carbocycles. The summed E-state index contributed by atoms with van der Waals surface area (Å²) in [6.45, 7) is 3.63. The number of rotatable bonds is 7. The average Bonchev–Trinajstić information content (AvgIpc) is 2.74. The van der Waals surface area contributed by atoms with Gasteiger partial charge < -0.3 is 19.7 Å². The fraction of sp³-hybridized carbons (Fsp3) is 0.381. The van der Waals surface area contributed by atoms with Gasteiger partial charge in [0.05, 0.1) is 36.1 Å². The molecule has 9 heteroatoms. The highest BCUT2D eigenvalue weighted by atomic mass is 19.1. The number of ether oxygens (including phenoxy) is 2. The number of hydrogen-bond acceptors (Lipinski definition) is 6. The van der Waals surface area contributed by atoms with E-state index in [4.69, 9.17) is 9.47 Å². The Bertz CT molecular complexity index is 944. The summed E-state index contributed by atoms with van der Waals surface area (Å²) in [6.07, 6.45) is 3.14. The number of carbonyl (C=O) groups is 1. The van der Waals surface area contributed by atoms with Gasteiger partial charge in [0.25, 0.3) is 11.6 Å². The highest BCUT2D eigenvalue weighted by Gasteiger charge is 2.26. The molecule has 2 aromatic rings. The van der Waals surface area contributed by atoms with Gasteiger partial charge >= 0.3 is 0 Å². The first kappa shape index (κ1) is 21.4. The summed E-state index contributed by atoms with van der Waals surface area (Å²) < 4.78 is 24.5. The smallest absolute Gasteiger partial charge is 0.286 e. The fourth-order valence-corrected chi connectivity index (χ4v) is 3.52. The van der Waals surface area contributed by atoms with Gasteiger partial charge in [0, 0.05) is 19.2 Å². The van der Waals surface area contributed by atoms with Crippen LogP contribution in [0.1, 0.15) is 36.5 Å². The average molecular weight is 417 g/mol. The highest BCUT2D eigenvalue weighted by molar-refractivity contribution is 6.09. The molecule has 1 aliphatic heterocycles. The molecular formula is C21H24FN3O5. The standard InChI is InChI=1S/C21H24FN3O5/c1-3-30-20-12-15(18(25(27)28)13-19(20)29-2)21(26)23-16-11-14(22)7-8-17(16)24-9-5-4-6-10-24/h7-8,11-13H,3-6,9-10H2,1-2H3,(H,23,26). The number of halogens is 1. The van der Waals surface area contributed by atoms with Crippen LogP contribution in [-0.4, -0.2) is 37.6 Å². The minimum atomic E-state index is -0.728. The molecule has 1 saturated heterocycles. The molecule has 1 aliphatic rings. The summed E-state index contributed by atoms with van der Waals surface area (Å²) in [5, 5.41) is 14.2. The lowest BCUT2D eigenvalue weighted by Gasteiger charge is -2.30. The van der Waals surface area contributed by atoms with E-state index in [1.54, 1.807) is 13.0 Å².